The summed E-state index contributed by atoms with van der Waals surface area (Å²) in [6.45, 7) is -0.0325. The highest BCUT2D eigenvalue weighted by molar-refractivity contribution is 7.85. The van der Waals surface area contributed by atoms with E-state index < -0.39 is 22.3 Å². The summed E-state index contributed by atoms with van der Waals surface area (Å²) < 4.78 is 30.4. The van der Waals surface area contributed by atoms with Crippen molar-refractivity contribution in [2.75, 3.05) is 26.5 Å². The van der Waals surface area contributed by atoms with Crippen molar-refractivity contribution >= 4 is 16.2 Å². The van der Waals surface area contributed by atoms with Crippen LogP contribution in [-0.4, -0.2) is 52.2 Å². The molecule has 0 radical (unpaired) electrons. The molecule has 2 aliphatic carbocycles. The van der Waals surface area contributed by atoms with E-state index in [1.54, 1.807) is 0 Å². The number of hydrogen-bond donors (Lipinski definition) is 0. The summed E-state index contributed by atoms with van der Waals surface area (Å²) >= 11 is 0. The lowest BCUT2D eigenvalue weighted by molar-refractivity contribution is -0.0761. The molecule has 0 aromatic carbocycles. The number of hydrogen-bond acceptors (Lipinski definition) is 6. The van der Waals surface area contributed by atoms with Crippen LogP contribution in [-0.2, 0) is 23.9 Å². The summed E-state index contributed by atoms with van der Waals surface area (Å²) in [5, 5.41) is 3.83. The minimum absolute atomic E-state index is 0.158. The number of ether oxygens (including phenoxy) is 1. The van der Waals surface area contributed by atoms with Crippen molar-refractivity contribution in [2.24, 2.45) is 0 Å². The number of rotatable bonds is 4. The summed E-state index contributed by atoms with van der Waals surface area (Å²) in [5.41, 5.74) is 0. The van der Waals surface area contributed by atoms with E-state index in [0.717, 1.165) is 11.3 Å². The van der Waals surface area contributed by atoms with Crippen LogP contribution in [0.2, 0.25) is 0 Å². The van der Waals surface area contributed by atoms with Crippen molar-refractivity contribution in [1.29, 1.82) is 0 Å². The molecule has 1 saturated heterocycles. The van der Waals surface area contributed by atoms with E-state index in [2.05, 4.69) is 33.3 Å². The minimum atomic E-state index is -3.50. The SMILES string of the molecule is CON1CC(COS(C)(=O)=O)OC1=O.c1cc2ccc1=2. The summed E-state index contributed by atoms with van der Waals surface area (Å²) in [6, 6.07) is 8.48. The van der Waals surface area contributed by atoms with Crippen LogP contribution in [0.5, 0.6) is 0 Å². The van der Waals surface area contributed by atoms with Crippen LogP contribution in [0.15, 0.2) is 24.3 Å². The van der Waals surface area contributed by atoms with Crippen molar-refractivity contribution in [3.05, 3.63) is 34.7 Å². The zero-order valence-corrected chi connectivity index (χ0v) is 11.9. The van der Waals surface area contributed by atoms with Crippen molar-refractivity contribution < 1.29 is 27.0 Å². The first-order valence-corrected chi connectivity index (χ1v) is 7.68. The Morgan fingerprint density at radius 2 is 1.85 bits per heavy atom. The standard InChI is InChI=1S/C6H11NO6S.C6H4/c1-11-7-3-5(13-6(7)8)4-12-14(2,9)10;1-2-6-4-3-5(1)6/h5H,3-4H2,1-2H3;1-4H. The van der Waals surface area contributed by atoms with Gasteiger partial charge in [-0.3, -0.25) is 9.02 Å². The van der Waals surface area contributed by atoms with Crippen LogP contribution in [0.4, 0.5) is 4.79 Å². The van der Waals surface area contributed by atoms with Crippen molar-refractivity contribution in [1.82, 2.24) is 5.06 Å². The van der Waals surface area contributed by atoms with Crippen LogP contribution in [0.3, 0.4) is 0 Å². The van der Waals surface area contributed by atoms with Gasteiger partial charge >= 0.3 is 6.09 Å². The maximum atomic E-state index is 10.9. The minimum Gasteiger partial charge on any atom is -0.440 e. The van der Waals surface area contributed by atoms with Gasteiger partial charge in [-0.05, 0) is 10.4 Å². The molecule has 1 fully saturated rings. The molecule has 0 aromatic rings. The quantitative estimate of drug-likeness (QED) is 0.770. The lowest BCUT2D eigenvalue weighted by Crippen LogP contribution is -2.25. The van der Waals surface area contributed by atoms with Crippen LogP contribution < -0.4 is 0 Å². The summed E-state index contributed by atoms with van der Waals surface area (Å²) in [4.78, 5) is 15.6. The van der Waals surface area contributed by atoms with Gasteiger partial charge in [-0.2, -0.15) is 13.5 Å². The number of carbonyl (C=O) groups excluding carboxylic acids is 1. The molecule has 8 heteroatoms. The Kier molecular flexibility index (Phi) is 4.26. The Hall–Kier alpha value is -1.64. The van der Waals surface area contributed by atoms with Crippen LogP contribution in [0, 0.1) is 10.4 Å². The fourth-order valence-electron chi connectivity index (χ4n) is 1.60. The first kappa shape index (κ1) is 14.8. The number of benzene rings is 1. The van der Waals surface area contributed by atoms with Gasteiger partial charge in [-0.15, -0.1) is 0 Å². The van der Waals surface area contributed by atoms with Gasteiger partial charge in [-0.25, -0.2) is 4.79 Å². The van der Waals surface area contributed by atoms with Gasteiger partial charge < -0.3 is 4.74 Å². The molecule has 1 aliphatic heterocycles. The zero-order valence-electron chi connectivity index (χ0n) is 11.1. The van der Waals surface area contributed by atoms with E-state index in [9.17, 15) is 13.2 Å². The first-order chi connectivity index (χ1) is 9.39. The molecular formula is C12H15NO6S. The molecule has 0 saturated carbocycles. The van der Waals surface area contributed by atoms with Gasteiger partial charge in [-0.1, -0.05) is 24.3 Å². The van der Waals surface area contributed by atoms with E-state index in [-0.39, 0.29) is 13.2 Å². The van der Waals surface area contributed by atoms with Crippen LogP contribution in [0.1, 0.15) is 0 Å². The van der Waals surface area contributed by atoms with Gasteiger partial charge in [0.1, 0.15) is 12.7 Å². The van der Waals surface area contributed by atoms with Gasteiger partial charge in [0.15, 0.2) is 0 Å². The topological polar surface area (TPSA) is 82.1 Å². The first-order valence-electron chi connectivity index (χ1n) is 5.86. The maximum absolute atomic E-state index is 10.9. The normalized spacial score (nSPS) is 19.2. The molecule has 0 N–H and O–H groups in total. The highest BCUT2D eigenvalue weighted by Gasteiger charge is 2.32. The third-order valence-corrected chi connectivity index (χ3v) is 3.31. The highest BCUT2D eigenvalue weighted by atomic mass is 32.2. The maximum Gasteiger partial charge on any atom is 0.434 e. The third-order valence-electron chi connectivity index (χ3n) is 2.75. The molecular weight excluding hydrogens is 286 g/mol. The van der Waals surface area contributed by atoms with Gasteiger partial charge in [0.25, 0.3) is 10.1 Å². The lowest BCUT2D eigenvalue weighted by Gasteiger charge is -2.07. The monoisotopic (exact) mass is 301 g/mol. The number of hydroxylamine groups is 2. The summed E-state index contributed by atoms with van der Waals surface area (Å²) in [7, 11) is -2.18. The second kappa shape index (κ2) is 5.78. The Morgan fingerprint density at radius 3 is 2.15 bits per heavy atom. The summed E-state index contributed by atoms with van der Waals surface area (Å²) in [6.07, 6.45) is -0.329. The Bertz CT molecular complexity index is 636. The van der Waals surface area contributed by atoms with E-state index >= 15 is 0 Å². The lowest BCUT2D eigenvalue weighted by atomic mass is 10.1. The van der Waals surface area contributed by atoms with Crippen molar-refractivity contribution in [2.45, 2.75) is 6.10 Å². The summed E-state index contributed by atoms with van der Waals surface area (Å²) in [5.74, 6) is 0. The Labute approximate surface area is 116 Å². The molecule has 1 unspecified atom stereocenters. The Balaban J connectivity index is 0.000000198. The molecule has 3 rings (SSSR count). The van der Waals surface area contributed by atoms with E-state index in [4.69, 9.17) is 4.74 Å². The molecule has 3 aliphatic rings. The number of carbonyl (C=O) groups is 1. The molecule has 1 amide bonds. The number of amides is 1. The average Bonchev–Trinajstić information content (AvgIpc) is 2.72. The largest absolute Gasteiger partial charge is 0.440 e. The predicted molar refractivity (Wildman–Crippen MR) is 68.9 cm³/mol. The van der Waals surface area contributed by atoms with E-state index in [1.165, 1.54) is 17.5 Å². The van der Waals surface area contributed by atoms with Crippen LogP contribution >= 0.6 is 0 Å². The molecule has 1 atom stereocenters. The van der Waals surface area contributed by atoms with Crippen molar-refractivity contribution in [3.8, 4) is 0 Å². The van der Waals surface area contributed by atoms with Gasteiger partial charge in [0, 0.05) is 0 Å². The zero-order chi connectivity index (χ0) is 14.8. The fraction of sp³-hybridized carbons (Fsp3) is 0.417. The van der Waals surface area contributed by atoms with Gasteiger partial charge in [0.2, 0.25) is 0 Å². The molecule has 1 heterocycles. The predicted octanol–water partition coefficient (Wildman–Crippen LogP) is 0.632. The molecule has 0 aromatic heterocycles. The highest BCUT2D eigenvalue weighted by Crippen LogP contribution is 2.11. The smallest absolute Gasteiger partial charge is 0.434 e. The average molecular weight is 301 g/mol. The number of nitrogens with zero attached hydrogens (tertiary/aromatic N) is 1. The fourth-order valence-corrected chi connectivity index (χ4v) is 2.00. The van der Waals surface area contributed by atoms with Crippen molar-refractivity contribution in [3.63, 3.8) is 0 Å². The Morgan fingerprint density at radius 1 is 1.30 bits per heavy atom. The molecule has 7 nitrogen and oxygen atoms in total. The number of cyclic esters (lactones) is 1. The molecule has 110 valence electrons. The van der Waals surface area contributed by atoms with E-state index in [0.29, 0.717) is 0 Å². The molecule has 20 heavy (non-hydrogen) atoms. The van der Waals surface area contributed by atoms with Crippen LogP contribution in [0.25, 0.3) is 0 Å². The van der Waals surface area contributed by atoms with Gasteiger partial charge in [0.05, 0.1) is 19.9 Å². The second-order valence-electron chi connectivity index (χ2n) is 4.32. The molecule has 0 bridgehead atoms. The second-order valence-corrected chi connectivity index (χ2v) is 5.96. The molecule has 0 spiro atoms. The van der Waals surface area contributed by atoms with E-state index in [1.807, 2.05) is 0 Å². The third kappa shape index (κ3) is 3.69.